The van der Waals surface area contributed by atoms with Crippen LogP contribution < -0.4 is 5.32 Å². The Kier molecular flexibility index (Phi) is 2.07. The normalized spacial score (nSPS) is 61.3. The summed E-state index contributed by atoms with van der Waals surface area (Å²) in [7, 11) is 0. The minimum atomic E-state index is 0.464. The number of nitrogens with one attached hydrogen (secondary N) is 1. The summed E-state index contributed by atoms with van der Waals surface area (Å²) in [6.07, 6.45) is 11.5. The largest absolute Gasteiger partial charge is 0.359 e. The van der Waals surface area contributed by atoms with Gasteiger partial charge >= 0.3 is 0 Å². The molecule has 0 amide bonds. The Balaban J connectivity index is 1.66. The lowest BCUT2D eigenvalue weighted by Gasteiger charge is -2.72. The lowest BCUT2D eigenvalue weighted by molar-refractivity contribution is -0.355. The van der Waals surface area contributed by atoms with Crippen molar-refractivity contribution in [2.75, 3.05) is 13.1 Å². The SMILES string of the molecule is C1CC2C3CCCN4[C@H]5NCCCC25[C@H](C1)O[C@@H]34. The maximum Gasteiger partial charge on any atom is 0.115 e. The van der Waals surface area contributed by atoms with Crippen LogP contribution in [0.25, 0.3) is 0 Å². The van der Waals surface area contributed by atoms with E-state index in [1.54, 1.807) is 0 Å². The molecule has 3 heteroatoms. The Labute approximate surface area is 109 Å². The lowest BCUT2D eigenvalue weighted by atomic mass is 9.50. The van der Waals surface area contributed by atoms with E-state index < -0.39 is 0 Å². The molecule has 1 N–H and O–H groups in total. The summed E-state index contributed by atoms with van der Waals surface area (Å²) < 4.78 is 6.57. The molecule has 0 aromatic rings. The van der Waals surface area contributed by atoms with Crippen LogP contribution in [0.2, 0.25) is 0 Å². The number of rotatable bonds is 0. The van der Waals surface area contributed by atoms with Crippen molar-refractivity contribution in [3.8, 4) is 0 Å². The topological polar surface area (TPSA) is 24.5 Å². The first-order chi connectivity index (χ1) is 8.91. The van der Waals surface area contributed by atoms with Gasteiger partial charge in [-0.1, -0.05) is 6.42 Å². The second-order valence-corrected chi connectivity index (χ2v) is 7.17. The van der Waals surface area contributed by atoms with E-state index >= 15 is 0 Å². The van der Waals surface area contributed by atoms with Crippen molar-refractivity contribution in [3.05, 3.63) is 0 Å². The highest BCUT2D eigenvalue weighted by Gasteiger charge is 2.68. The molecule has 1 spiro atoms. The van der Waals surface area contributed by atoms with Crippen LogP contribution in [0.1, 0.15) is 44.9 Å². The fourth-order valence-corrected chi connectivity index (χ4v) is 6.27. The molecule has 6 bridgehead atoms. The van der Waals surface area contributed by atoms with Gasteiger partial charge in [0, 0.05) is 17.9 Å². The molecule has 1 aliphatic carbocycles. The van der Waals surface area contributed by atoms with E-state index in [0.29, 0.717) is 23.9 Å². The molecular weight excluding hydrogens is 224 g/mol. The Hall–Kier alpha value is -0.120. The summed E-state index contributed by atoms with van der Waals surface area (Å²) in [6.45, 7) is 2.49. The van der Waals surface area contributed by atoms with Crippen molar-refractivity contribution < 1.29 is 4.74 Å². The third kappa shape index (κ3) is 1.05. The highest BCUT2D eigenvalue weighted by atomic mass is 16.5. The van der Waals surface area contributed by atoms with Gasteiger partial charge in [-0.2, -0.15) is 0 Å². The van der Waals surface area contributed by atoms with Crippen molar-refractivity contribution >= 4 is 0 Å². The van der Waals surface area contributed by atoms with Gasteiger partial charge < -0.3 is 10.1 Å². The number of hydrogen-bond acceptors (Lipinski definition) is 3. The van der Waals surface area contributed by atoms with Gasteiger partial charge in [0.15, 0.2) is 0 Å². The molecule has 100 valence electrons. The number of ether oxygens (including phenoxy) is 1. The Bertz CT molecular complexity index is 351. The van der Waals surface area contributed by atoms with Crippen molar-refractivity contribution in [2.45, 2.75) is 63.4 Å². The van der Waals surface area contributed by atoms with Crippen LogP contribution in [0.15, 0.2) is 0 Å². The van der Waals surface area contributed by atoms with Crippen LogP contribution in [-0.2, 0) is 4.74 Å². The highest BCUT2D eigenvalue weighted by Crippen LogP contribution is 2.63. The van der Waals surface area contributed by atoms with Crippen molar-refractivity contribution in [1.82, 2.24) is 10.2 Å². The van der Waals surface area contributed by atoms with Gasteiger partial charge in [-0.15, -0.1) is 0 Å². The Morgan fingerprint density at radius 3 is 3.11 bits per heavy atom. The van der Waals surface area contributed by atoms with Gasteiger partial charge in [0.05, 0.1) is 12.3 Å². The summed E-state index contributed by atoms with van der Waals surface area (Å²) in [5.41, 5.74) is 0.482. The first-order valence-corrected chi connectivity index (χ1v) is 8.06. The van der Waals surface area contributed by atoms with Crippen molar-refractivity contribution in [3.63, 3.8) is 0 Å². The standard InChI is InChI=1S/C15H24N2O/c1-5-11-10-4-2-9-17-13(10)18-12(6-1)15(11)7-3-8-16-14(15)17/h10-14,16H,1-9H2/t10?,11?,12-,13-,14+,15?/m0/s1. The molecule has 6 aliphatic rings. The quantitative estimate of drug-likeness (QED) is 0.709. The first kappa shape index (κ1) is 10.6. The number of hydrogen-bond donors (Lipinski definition) is 1. The van der Waals surface area contributed by atoms with E-state index in [1.165, 1.54) is 58.0 Å². The van der Waals surface area contributed by atoms with E-state index in [0.717, 1.165) is 11.8 Å². The smallest absolute Gasteiger partial charge is 0.115 e. The fourth-order valence-electron chi connectivity index (χ4n) is 6.27. The molecule has 18 heavy (non-hydrogen) atoms. The maximum atomic E-state index is 6.57. The molecule has 0 radical (unpaired) electrons. The zero-order valence-corrected chi connectivity index (χ0v) is 11.1. The summed E-state index contributed by atoms with van der Waals surface area (Å²) in [6, 6.07) is 0. The van der Waals surface area contributed by atoms with Gasteiger partial charge in [0.1, 0.15) is 6.23 Å². The number of nitrogens with zero attached hydrogens (tertiary/aromatic N) is 1. The van der Waals surface area contributed by atoms with Crippen LogP contribution >= 0.6 is 0 Å². The van der Waals surface area contributed by atoms with Crippen molar-refractivity contribution in [2.24, 2.45) is 17.3 Å². The minimum absolute atomic E-state index is 0.464. The molecular formula is C15H24N2O. The van der Waals surface area contributed by atoms with Gasteiger partial charge in [-0.05, 0) is 51.0 Å². The molecule has 6 fully saturated rings. The average molecular weight is 248 g/mol. The van der Waals surface area contributed by atoms with E-state index in [1.807, 2.05) is 0 Å². The molecule has 3 nitrogen and oxygen atoms in total. The first-order valence-electron chi connectivity index (χ1n) is 8.06. The van der Waals surface area contributed by atoms with Crippen LogP contribution in [0.3, 0.4) is 0 Å². The van der Waals surface area contributed by atoms with E-state index in [9.17, 15) is 0 Å². The second kappa shape index (κ2) is 3.50. The van der Waals surface area contributed by atoms with Crippen LogP contribution in [0.5, 0.6) is 0 Å². The number of piperidine rings is 3. The molecule has 7 atom stereocenters. The van der Waals surface area contributed by atoms with Crippen molar-refractivity contribution in [1.29, 1.82) is 0 Å². The summed E-state index contributed by atoms with van der Waals surface area (Å²) >= 11 is 0. The van der Waals surface area contributed by atoms with E-state index in [2.05, 4.69) is 10.2 Å². The van der Waals surface area contributed by atoms with Crippen LogP contribution in [-0.4, -0.2) is 36.5 Å². The molecule has 1 saturated carbocycles. The second-order valence-electron chi connectivity index (χ2n) is 7.17. The zero-order chi connectivity index (χ0) is 11.7. The predicted octanol–water partition coefficient (Wildman–Crippen LogP) is 1.93. The molecule has 0 aromatic carbocycles. The van der Waals surface area contributed by atoms with Gasteiger partial charge in [0.25, 0.3) is 0 Å². The minimum Gasteiger partial charge on any atom is -0.359 e. The zero-order valence-electron chi connectivity index (χ0n) is 11.1. The third-order valence-corrected chi connectivity index (χ3v) is 6.70. The monoisotopic (exact) mass is 248 g/mol. The predicted molar refractivity (Wildman–Crippen MR) is 68.9 cm³/mol. The summed E-state index contributed by atoms with van der Waals surface area (Å²) in [5.74, 6) is 1.82. The van der Waals surface area contributed by atoms with Gasteiger partial charge in [-0.25, -0.2) is 0 Å². The lowest BCUT2D eigenvalue weighted by Crippen LogP contribution is -2.80. The summed E-state index contributed by atoms with van der Waals surface area (Å²) in [4.78, 5) is 2.70. The Morgan fingerprint density at radius 1 is 1.11 bits per heavy atom. The molecule has 5 heterocycles. The molecule has 6 rings (SSSR count). The fraction of sp³-hybridized carbons (Fsp3) is 1.00. The molecule has 0 aromatic heterocycles. The van der Waals surface area contributed by atoms with E-state index in [-0.39, 0.29) is 0 Å². The third-order valence-electron chi connectivity index (χ3n) is 6.70. The van der Waals surface area contributed by atoms with E-state index in [4.69, 9.17) is 4.74 Å². The molecule has 5 saturated heterocycles. The Morgan fingerprint density at radius 2 is 2.11 bits per heavy atom. The average Bonchev–Trinajstić information content (AvgIpc) is 2.40. The summed E-state index contributed by atoms with van der Waals surface area (Å²) in [5, 5.41) is 3.87. The molecule has 4 unspecified atom stereocenters. The van der Waals surface area contributed by atoms with Gasteiger partial charge in [0.2, 0.25) is 0 Å². The van der Waals surface area contributed by atoms with Gasteiger partial charge in [-0.3, -0.25) is 4.90 Å². The van der Waals surface area contributed by atoms with Crippen LogP contribution in [0.4, 0.5) is 0 Å². The van der Waals surface area contributed by atoms with Crippen LogP contribution in [0, 0.1) is 17.3 Å². The molecule has 5 aliphatic heterocycles. The maximum absolute atomic E-state index is 6.57. The highest BCUT2D eigenvalue weighted by molar-refractivity contribution is 5.15.